The van der Waals surface area contributed by atoms with Gasteiger partial charge in [-0.15, -0.1) is 0 Å². The average Bonchev–Trinajstić information content (AvgIpc) is 2.97. The van der Waals surface area contributed by atoms with Crippen LogP contribution in [0.5, 0.6) is 5.75 Å². The number of benzene rings is 1. The molecule has 0 radical (unpaired) electrons. The zero-order valence-electron chi connectivity index (χ0n) is 16.6. The predicted octanol–water partition coefficient (Wildman–Crippen LogP) is 2.99. The molecular weight excluding hydrogens is 348 g/mol. The molecule has 0 unspecified atom stereocenters. The van der Waals surface area contributed by atoms with E-state index in [1.165, 1.54) is 19.4 Å². The second-order valence-corrected chi connectivity index (χ2v) is 12.8. The van der Waals surface area contributed by atoms with Gasteiger partial charge >= 0.3 is 11.9 Å². The summed E-state index contributed by atoms with van der Waals surface area (Å²) in [5.41, 5.74) is -1.15. The van der Waals surface area contributed by atoms with Crippen LogP contribution in [0.2, 0.25) is 19.1 Å². The van der Waals surface area contributed by atoms with Crippen LogP contribution in [-0.2, 0) is 19.1 Å². The van der Waals surface area contributed by atoms with Gasteiger partial charge < -0.3 is 14.2 Å². The first-order valence-corrected chi connectivity index (χ1v) is 12.2. The molecule has 1 saturated carbocycles. The lowest BCUT2D eigenvalue weighted by Crippen LogP contribution is -2.43. The minimum absolute atomic E-state index is 0.262. The number of ether oxygens (including phenoxy) is 3. The maximum Gasteiger partial charge on any atom is 0.323 e. The fourth-order valence-electron chi connectivity index (χ4n) is 4.34. The van der Waals surface area contributed by atoms with E-state index in [2.05, 4.69) is 32.2 Å². The van der Waals surface area contributed by atoms with Crippen LogP contribution in [0.1, 0.15) is 19.8 Å². The quantitative estimate of drug-likeness (QED) is 0.433. The second-order valence-electron chi connectivity index (χ2n) is 8.03. The lowest BCUT2D eigenvalue weighted by atomic mass is 9.85. The van der Waals surface area contributed by atoms with Crippen molar-refractivity contribution in [3.8, 4) is 5.75 Å². The zero-order chi connectivity index (χ0) is 19.5. The van der Waals surface area contributed by atoms with Gasteiger partial charge in [0.1, 0.15) is 5.75 Å². The number of hydrogen-bond acceptors (Lipinski definition) is 5. The molecule has 0 aromatic heterocycles. The summed E-state index contributed by atoms with van der Waals surface area (Å²) in [4.78, 5) is 24.8. The van der Waals surface area contributed by atoms with Gasteiger partial charge in [0.2, 0.25) is 0 Å². The summed E-state index contributed by atoms with van der Waals surface area (Å²) in [7, 11) is 2.60. The number of rotatable bonds is 6. The molecule has 0 bridgehead atoms. The highest BCUT2D eigenvalue weighted by molar-refractivity contribution is 6.89. The fourth-order valence-corrected chi connectivity index (χ4v) is 7.51. The monoisotopic (exact) mass is 378 g/mol. The summed E-state index contributed by atoms with van der Waals surface area (Å²) < 4.78 is 15.2. The molecule has 26 heavy (non-hydrogen) atoms. The maximum atomic E-state index is 12.4. The van der Waals surface area contributed by atoms with Crippen LogP contribution < -0.4 is 9.92 Å². The van der Waals surface area contributed by atoms with E-state index in [4.69, 9.17) is 14.2 Å². The molecule has 0 heterocycles. The van der Waals surface area contributed by atoms with E-state index in [1.54, 1.807) is 7.11 Å². The van der Waals surface area contributed by atoms with Crippen LogP contribution in [-0.4, -0.2) is 41.3 Å². The standard InChI is InChI=1S/C20H30O5Si/c1-14-11-20(18(21)24-3,19(22)25-4)12-15(14)13-26(5,6)17-9-7-16(23-2)8-10-17/h7-10,14-15H,11-13H2,1-6H3/t14-,15+/m0/s1. The summed E-state index contributed by atoms with van der Waals surface area (Å²) in [5, 5.41) is 1.35. The van der Waals surface area contributed by atoms with Crippen molar-refractivity contribution in [1.82, 2.24) is 0 Å². The largest absolute Gasteiger partial charge is 0.497 e. The van der Waals surface area contributed by atoms with E-state index in [0.29, 0.717) is 12.8 Å². The Bertz CT molecular complexity index is 637. The molecule has 1 aromatic rings. The smallest absolute Gasteiger partial charge is 0.323 e. The third kappa shape index (κ3) is 3.80. The minimum Gasteiger partial charge on any atom is -0.497 e. The number of methoxy groups -OCH3 is 3. The molecule has 0 amide bonds. The topological polar surface area (TPSA) is 61.8 Å². The Balaban J connectivity index is 2.22. The van der Waals surface area contributed by atoms with Crippen molar-refractivity contribution in [2.75, 3.05) is 21.3 Å². The molecule has 1 aliphatic rings. The third-order valence-electron chi connectivity index (χ3n) is 5.88. The first kappa shape index (κ1) is 20.5. The van der Waals surface area contributed by atoms with Crippen molar-refractivity contribution in [3.05, 3.63) is 24.3 Å². The Labute approximate surface area is 157 Å². The number of hydrogen-bond donors (Lipinski definition) is 0. The SMILES string of the molecule is COC(=O)C1(C(=O)OC)C[C@H](C[Si](C)(C)c2ccc(OC)cc2)[C@@H](C)C1. The van der Waals surface area contributed by atoms with Crippen molar-refractivity contribution < 1.29 is 23.8 Å². The highest BCUT2D eigenvalue weighted by Gasteiger charge is 2.56. The van der Waals surface area contributed by atoms with Gasteiger partial charge in [-0.2, -0.15) is 0 Å². The first-order chi connectivity index (χ1) is 12.2. The van der Waals surface area contributed by atoms with Crippen LogP contribution >= 0.6 is 0 Å². The second kappa shape index (κ2) is 7.82. The zero-order valence-corrected chi connectivity index (χ0v) is 17.6. The van der Waals surface area contributed by atoms with Crippen LogP contribution in [0.4, 0.5) is 0 Å². The number of carbonyl (C=O) groups is 2. The fraction of sp³-hybridized carbons (Fsp3) is 0.600. The van der Waals surface area contributed by atoms with E-state index in [-0.39, 0.29) is 11.8 Å². The van der Waals surface area contributed by atoms with E-state index >= 15 is 0 Å². The van der Waals surface area contributed by atoms with Crippen molar-refractivity contribution in [2.24, 2.45) is 17.3 Å². The molecule has 0 saturated heterocycles. The maximum absolute atomic E-state index is 12.4. The summed E-state index contributed by atoms with van der Waals surface area (Å²) in [6.45, 7) is 6.78. The van der Waals surface area contributed by atoms with Gasteiger partial charge in [-0.3, -0.25) is 9.59 Å². The van der Waals surface area contributed by atoms with Crippen molar-refractivity contribution >= 4 is 25.2 Å². The highest BCUT2D eigenvalue weighted by atomic mass is 28.3. The Kier molecular flexibility index (Phi) is 6.16. The Morgan fingerprint density at radius 2 is 1.58 bits per heavy atom. The van der Waals surface area contributed by atoms with Crippen molar-refractivity contribution in [3.63, 3.8) is 0 Å². The third-order valence-corrected chi connectivity index (χ3v) is 9.32. The molecule has 0 spiro atoms. The predicted molar refractivity (Wildman–Crippen MR) is 103 cm³/mol. The molecule has 6 heteroatoms. The number of carbonyl (C=O) groups excluding carboxylic acids is 2. The van der Waals surface area contributed by atoms with E-state index in [1.807, 2.05) is 12.1 Å². The van der Waals surface area contributed by atoms with Crippen LogP contribution in [0.15, 0.2) is 24.3 Å². The highest BCUT2D eigenvalue weighted by Crippen LogP contribution is 2.49. The van der Waals surface area contributed by atoms with Crippen molar-refractivity contribution in [2.45, 2.75) is 38.9 Å². The van der Waals surface area contributed by atoms with Crippen LogP contribution in [0.3, 0.4) is 0 Å². The summed E-state index contributed by atoms with van der Waals surface area (Å²) in [5.74, 6) is 0.462. The van der Waals surface area contributed by atoms with E-state index in [0.717, 1.165) is 11.8 Å². The molecule has 0 N–H and O–H groups in total. The van der Waals surface area contributed by atoms with E-state index < -0.39 is 25.4 Å². The molecule has 144 valence electrons. The van der Waals surface area contributed by atoms with E-state index in [9.17, 15) is 9.59 Å². The van der Waals surface area contributed by atoms with Crippen molar-refractivity contribution in [1.29, 1.82) is 0 Å². The molecule has 0 aliphatic heterocycles. The molecule has 1 aromatic carbocycles. The lowest BCUT2D eigenvalue weighted by Gasteiger charge is -2.29. The molecule has 2 atom stereocenters. The van der Waals surface area contributed by atoms with Crippen LogP contribution in [0, 0.1) is 17.3 Å². The van der Waals surface area contributed by atoms with Gasteiger partial charge in [-0.1, -0.05) is 43.4 Å². The van der Waals surface area contributed by atoms with Gasteiger partial charge in [0.25, 0.3) is 0 Å². The minimum atomic E-state index is -1.73. The normalized spacial score (nSPS) is 21.9. The lowest BCUT2D eigenvalue weighted by molar-refractivity contribution is -0.169. The molecule has 2 rings (SSSR count). The Morgan fingerprint density at radius 1 is 1.04 bits per heavy atom. The Morgan fingerprint density at radius 3 is 2.04 bits per heavy atom. The summed E-state index contributed by atoms with van der Waals surface area (Å²) in [6.07, 6.45) is 0.990. The summed E-state index contributed by atoms with van der Waals surface area (Å²) >= 11 is 0. The van der Waals surface area contributed by atoms with Gasteiger partial charge in [0, 0.05) is 0 Å². The number of esters is 2. The van der Waals surface area contributed by atoms with Crippen LogP contribution in [0.25, 0.3) is 0 Å². The molecule has 1 aliphatic carbocycles. The van der Waals surface area contributed by atoms with Gasteiger partial charge in [-0.25, -0.2) is 0 Å². The molecule has 5 nitrogen and oxygen atoms in total. The summed E-state index contributed by atoms with van der Waals surface area (Å²) in [6, 6.07) is 9.28. The van der Waals surface area contributed by atoms with Gasteiger partial charge in [-0.05, 0) is 36.8 Å². The van der Waals surface area contributed by atoms with Gasteiger partial charge in [0.05, 0.1) is 29.4 Å². The first-order valence-electron chi connectivity index (χ1n) is 9.01. The average molecular weight is 379 g/mol. The molecule has 1 fully saturated rings. The Hall–Kier alpha value is -1.82. The molecular formula is C20H30O5Si. The van der Waals surface area contributed by atoms with Gasteiger partial charge in [0.15, 0.2) is 5.41 Å².